The Kier molecular flexibility index (Phi) is 7.83. The molecule has 1 aromatic carbocycles. The van der Waals surface area contributed by atoms with E-state index in [2.05, 4.69) is 4.98 Å². The highest BCUT2D eigenvalue weighted by Gasteiger charge is 2.31. The molecule has 1 saturated carbocycles. The van der Waals surface area contributed by atoms with Gasteiger partial charge in [-0.1, -0.05) is 49.9 Å². The Bertz CT molecular complexity index is 1320. The topological polar surface area (TPSA) is 104 Å². The third-order valence-corrected chi connectivity index (χ3v) is 8.50. The molecule has 38 heavy (non-hydrogen) atoms. The Balaban J connectivity index is 1.36. The second-order valence-electron chi connectivity index (χ2n) is 10.2. The lowest BCUT2D eigenvalue weighted by Crippen LogP contribution is -2.35. The number of thiazole rings is 1. The highest BCUT2D eigenvalue weighted by Crippen LogP contribution is 2.36. The second-order valence-corrected chi connectivity index (χ2v) is 11.0. The number of benzene rings is 1. The van der Waals surface area contributed by atoms with E-state index >= 15 is 0 Å². The number of carboxylic acid groups (broad SMARTS) is 1. The van der Waals surface area contributed by atoms with E-state index in [0.717, 1.165) is 54.5 Å². The summed E-state index contributed by atoms with van der Waals surface area (Å²) in [5.41, 5.74) is 3.52. The van der Waals surface area contributed by atoms with Gasteiger partial charge in [0.05, 0.1) is 12.1 Å². The highest BCUT2D eigenvalue weighted by atomic mass is 32.1. The molecular formula is C29H32N4O4S. The van der Waals surface area contributed by atoms with Crippen molar-refractivity contribution in [3.05, 3.63) is 48.0 Å². The van der Waals surface area contributed by atoms with Crippen LogP contribution in [0.2, 0.25) is 0 Å². The lowest BCUT2D eigenvalue weighted by Gasteiger charge is -2.23. The van der Waals surface area contributed by atoms with Crippen molar-refractivity contribution in [1.29, 1.82) is 0 Å². The van der Waals surface area contributed by atoms with Gasteiger partial charge in [0, 0.05) is 48.6 Å². The molecule has 0 bridgehead atoms. The van der Waals surface area contributed by atoms with Crippen molar-refractivity contribution in [3.63, 3.8) is 0 Å². The average molecular weight is 533 g/mol. The van der Waals surface area contributed by atoms with Crippen LogP contribution in [0.5, 0.6) is 0 Å². The summed E-state index contributed by atoms with van der Waals surface area (Å²) in [5.74, 6) is -0.500. The molecule has 0 radical (unpaired) electrons. The first-order valence-corrected chi connectivity index (χ1v) is 14.1. The number of aliphatic carboxylic acids is 1. The van der Waals surface area contributed by atoms with Crippen LogP contribution >= 0.6 is 11.3 Å². The SMILES string of the molecule is CN(C(=O)[C@@H](CC(=O)O)CC1CCCC1)c1nc(-c2ccccc2-c2ccc(N3CCCC3=O)nc2)cs1. The van der Waals surface area contributed by atoms with Crippen LogP contribution in [0.4, 0.5) is 10.9 Å². The normalized spacial score (nSPS) is 16.7. The second kappa shape index (κ2) is 11.4. The molecule has 0 unspecified atom stereocenters. The van der Waals surface area contributed by atoms with Gasteiger partial charge >= 0.3 is 5.97 Å². The van der Waals surface area contributed by atoms with Crippen molar-refractivity contribution >= 4 is 40.1 Å². The summed E-state index contributed by atoms with van der Waals surface area (Å²) in [7, 11) is 1.68. The maximum Gasteiger partial charge on any atom is 0.304 e. The standard InChI is InChI=1S/C29H32N4O4S/c1-32(28(37)21(16-27(35)36)15-19-7-2-3-8-19)29-31-24(18-38-29)23-10-5-4-9-22(23)20-12-13-25(30-17-20)33-14-6-11-26(33)34/h4-5,9-10,12-13,17-19,21H,2-3,6-8,11,14-16H2,1H3,(H,35,36)/t21-/m1/s1. The van der Waals surface area contributed by atoms with Gasteiger partial charge in [-0.3, -0.25) is 24.2 Å². The third-order valence-electron chi connectivity index (χ3n) is 7.58. The van der Waals surface area contributed by atoms with Crippen LogP contribution in [0.25, 0.3) is 22.4 Å². The fourth-order valence-electron chi connectivity index (χ4n) is 5.59. The summed E-state index contributed by atoms with van der Waals surface area (Å²) in [6.45, 7) is 0.698. The maximum atomic E-state index is 13.4. The summed E-state index contributed by atoms with van der Waals surface area (Å²) >= 11 is 1.37. The van der Waals surface area contributed by atoms with Gasteiger partial charge in [0.15, 0.2) is 5.13 Å². The molecule has 1 aliphatic heterocycles. The van der Waals surface area contributed by atoms with Crippen molar-refractivity contribution < 1.29 is 19.5 Å². The lowest BCUT2D eigenvalue weighted by molar-refractivity contribution is -0.140. The predicted octanol–water partition coefficient (Wildman–Crippen LogP) is 5.63. The van der Waals surface area contributed by atoms with Crippen molar-refractivity contribution in [2.24, 2.45) is 11.8 Å². The van der Waals surface area contributed by atoms with E-state index in [-0.39, 0.29) is 18.2 Å². The summed E-state index contributed by atoms with van der Waals surface area (Å²) in [5, 5.41) is 11.9. The number of carbonyl (C=O) groups is 3. The third kappa shape index (κ3) is 5.62. The van der Waals surface area contributed by atoms with Crippen LogP contribution in [0.3, 0.4) is 0 Å². The molecule has 1 aliphatic carbocycles. The number of anilines is 2. The van der Waals surface area contributed by atoms with E-state index in [1.807, 2.05) is 41.8 Å². The fraction of sp³-hybridized carbons (Fsp3) is 0.414. The van der Waals surface area contributed by atoms with Crippen molar-refractivity contribution in [1.82, 2.24) is 9.97 Å². The number of pyridine rings is 1. The number of carboxylic acids is 1. The van der Waals surface area contributed by atoms with Gasteiger partial charge in [0.2, 0.25) is 11.8 Å². The Morgan fingerprint density at radius 2 is 1.89 bits per heavy atom. The largest absolute Gasteiger partial charge is 0.481 e. The summed E-state index contributed by atoms with van der Waals surface area (Å²) in [6, 6.07) is 11.7. The van der Waals surface area contributed by atoms with Gasteiger partial charge < -0.3 is 5.11 Å². The molecule has 1 N–H and O–H groups in total. The zero-order valence-electron chi connectivity index (χ0n) is 21.5. The minimum absolute atomic E-state index is 0.105. The molecule has 1 atom stereocenters. The predicted molar refractivity (Wildman–Crippen MR) is 148 cm³/mol. The van der Waals surface area contributed by atoms with Crippen LogP contribution in [0, 0.1) is 11.8 Å². The summed E-state index contributed by atoms with van der Waals surface area (Å²) in [6.07, 6.45) is 8.08. The van der Waals surface area contributed by atoms with Crippen molar-refractivity contribution in [2.75, 3.05) is 23.4 Å². The lowest BCUT2D eigenvalue weighted by atomic mass is 9.90. The summed E-state index contributed by atoms with van der Waals surface area (Å²) in [4.78, 5) is 49.5. The molecule has 3 aromatic rings. The quantitative estimate of drug-likeness (QED) is 0.383. The molecule has 0 spiro atoms. The first-order valence-electron chi connectivity index (χ1n) is 13.2. The minimum Gasteiger partial charge on any atom is -0.481 e. The van der Waals surface area contributed by atoms with Crippen LogP contribution in [-0.4, -0.2) is 46.5 Å². The molecule has 198 valence electrons. The number of aromatic nitrogens is 2. The van der Waals surface area contributed by atoms with Crippen molar-refractivity contribution in [3.8, 4) is 22.4 Å². The van der Waals surface area contributed by atoms with Crippen LogP contribution < -0.4 is 9.80 Å². The van der Waals surface area contributed by atoms with E-state index in [0.29, 0.717) is 36.3 Å². The molecule has 2 aliphatic rings. The zero-order valence-corrected chi connectivity index (χ0v) is 22.3. The van der Waals surface area contributed by atoms with E-state index in [1.54, 1.807) is 18.1 Å². The highest BCUT2D eigenvalue weighted by molar-refractivity contribution is 7.14. The number of nitrogens with zero attached hydrogens (tertiary/aromatic N) is 4. The maximum absolute atomic E-state index is 13.4. The number of hydrogen-bond acceptors (Lipinski definition) is 6. The van der Waals surface area contributed by atoms with Crippen LogP contribution in [0.1, 0.15) is 51.4 Å². The summed E-state index contributed by atoms with van der Waals surface area (Å²) < 4.78 is 0. The van der Waals surface area contributed by atoms with Gasteiger partial charge in [0.25, 0.3) is 0 Å². The zero-order chi connectivity index (χ0) is 26.6. The first kappa shape index (κ1) is 26.0. The molecule has 1 saturated heterocycles. The smallest absolute Gasteiger partial charge is 0.304 e. The van der Waals surface area contributed by atoms with E-state index in [4.69, 9.17) is 4.98 Å². The molecule has 5 rings (SSSR count). The fourth-order valence-corrected chi connectivity index (χ4v) is 6.39. The van der Waals surface area contributed by atoms with Gasteiger partial charge in [-0.05, 0) is 36.5 Å². The Morgan fingerprint density at radius 3 is 2.55 bits per heavy atom. The van der Waals surface area contributed by atoms with E-state index < -0.39 is 11.9 Å². The number of amides is 2. The molecular weight excluding hydrogens is 500 g/mol. The molecule has 2 amide bonds. The Hall–Kier alpha value is -3.59. The number of rotatable bonds is 9. The van der Waals surface area contributed by atoms with Crippen molar-refractivity contribution in [2.45, 2.75) is 51.4 Å². The van der Waals surface area contributed by atoms with E-state index in [1.165, 1.54) is 16.2 Å². The van der Waals surface area contributed by atoms with Gasteiger partial charge in [0.1, 0.15) is 5.82 Å². The van der Waals surface area contributed by atoms with Gasteiger partial charge in [-0.2, -0.15) is 0 Å². The molecule has 3 heterocycles. The molecule has 2 fully saturated rings. The van der Waals surface area contributed by atoms with Crippen LogP contribution in [-0.2, 0) is 14.4 Å². The molecule has 2 aromatic heterocycles. The Morgan fingerprint density at radius 1 is 1.13 bits per heavy atom. The minimum atomic E-state index is -0.947. The molecule has 8 nitrogen and oxygen atoms in total. The number of hydrogen-bond donors (Lipinski definition) is 1. The number of carbonyl (C=O) groups excluding carboxylic acids is 2. The monoisotopic (exact) mass is 532 g/mol. The van der Waals surface area contributed by atoms with E-state index in [9.17, 15) is 19.5 Å². The average Bonchev–Trinajstić information content (AvgIpc) is 3.70. The first-order chi connectivity index (χ1) is 18.4. The van der Waals surface area contributed by atoms with Crippen LogP contribution in [0.15, 0.2) is 48.0 Å². The van der Waals surface area contributed by atoms with Gasteiger partial charge in [-0.25, -0.2) is 9.97 Å². The molecule has 9 heteroatoms. The van der Waals surface area contributed by atoms with Gasteiger partial charge in [-0.15, -0.1) is 11.3 Å². The Labute approximate surface area is 226 Å².